The van der Waals surface area contributed by atoms with Crippen LogP contribution in [-0.4, -0.2) is 29.3 Å². The van der Waals surface area contributed by atoms with E-state index in [4.69, 9.17) is 0 Å². The van der Waals surface area contributed by atoms with E-state index in [2.05, 4.69) is 14.5 Å². The van der Waals surface area contributed by atoms with Crippen LogP contribution in [0.1, 0.15) is 10.4 Å². The van der Waals surface area contributed by atoms with Crippen LogP contribution in [0, 0.1) is 13.8 Å². The van der Waals surface area contributed by atoms with Gasteiger partial charge in [-0.2, -0.15) is 0 Å². The molecule has 7 nitrogen and oxygen atoms in total. The quantitative estimate of drug-likeness (QED) is 0.258. The van der Waals surface area contributed by atoms with Gasteiger partial charge in [-0.15, -0.1) is 13.2 Å². The van der Waals surface area contributed by atoms with Gasteiger partial charge in [-0.1, -0.05) is 0 Å². The zero-order valence-corrected chi connectivity index (χ0v) is 11.2. The molecule has 0 N–H and O–H groups in total. The second-order valence-electron chi connectivity index (χ2n) is 2.94. The molecule has 0 atom stereocenters. The molecule has 0 bridgehead atoms. The van der Waals surface area contributed by atoms with E-state index in [1.54, 1.807) is 0 Å². The Bertz CT molecular complexity index is 534. The number of halogens is 4. The zero-order valence-electron chi connectivity index (χ0n) is 9.02. The molecule has 0 amide bonds. The fourth-order valence-corrected chi connectivity index (χ4v) is 1.80. The summed E-state index contributed by atoms with van der Waals surface area (Å²) >= 11 is 1.37. The summed E-state index contributed by atoms with van der Waals surface area (Å²) < 4.78 is 44.1. The summed E-state index contributed by atoms with van der Waals surface area (Å²) in [7, 11) is 0.942. The Balaban J connectivity index is 3.44. The summed E-state index contributed by atoms with van der Waals surface area (Å²) in [5.74, 6) is -3.06. The van der Waals surface area contributed by atoms with Crippen molar-refractivity contribution in [2.75, 3.05) is 7.11 Å². The minimum Gasteiger partial charge on any atom is -0.465 e. The Morgan fingerprint density at radius 3 is 2.53 bits per heavy atom. The highest BCUT2D eigenvalue weighted by Gasteiger charge is 2.36. The lowest BCUT2D eigenvalue weighted by molar-refractivity contribution is -0.389. The van der Waals surface area contributed by atoms with Crippen molar-refractivity contribution in [3.8, 4) is 5.75 Å². The fraction of sp³-hybridized carbons (Fsp3) is 0.250. The van der Waals surface area contributed by atoms with Crippen molar-refractivity contribution in [1.29, 1.82) is 0 Å². The Morgan fingerprint density at radius 2 is 2.11 bits per heavy atom. The van der Waals surface area contributed by atoms with E-state index < -0.39 is 34.4 Å². The van der Waals surface area contributed by atoms with Gasteiger partial charge in [0.15, 0.2) is 11.3 Å². The van der Waals surface area contributed by atoms with Gasteiger partial charge in [-0.05, 0) is 9.91 Å². The van der Waals surface area contributed by atoms with E-state index in [1.165, 1.54) is 22.6 Å². The molecule has 0 saturated carbocycles. The van der Waals surface area contributed by atoms with Crippen LogP contribution in [-0.2, 0) is 4.74 Å². The topological polar surface area (TPSA) is 91.6 Å². The van der Waals surface area contributed by atoms with Crippen LogP contribution in [0.15, 0.2) is 6.07 Å². The van der Waals surface area contributed by atoms with E-state index in [9.17, 15) is 28.1 Å². The molecule has 1 aromatic rings. The molecule has 1 heterocycles. The molecule has 0 radical (unpaired) electrons. The number of rotatable bonds is 3. The van der Waals surface area contributed by atoms with E-state index in [0.29, 0.717) is 6.07 Å². The van der Waals surface area contributed by atoms with Crippen molar-refractivity contribution in [2.24, 2.45) is 0 Å². The molecule has 1 rings (SSSR count). The Labute approximate surface area is 117 Å². The number of carbonyl (C=O) groups excluding carboxylic acids is 1. The van der Waals surface area contributed by atoms with Crippen molar-refractivity contribution < 1.29 is 32.4 Å². The van der Waals surface area contributed by atoms with Crippen LogP contribution in [0.25, 0.3) is 0 Å². The Hall–Kier alpha value is -1.66. The molecule has 0 spiro atoms. The zero-order chi connectivity index (χ0) is 14.8. The summed E-state index contributed by atoms with van der Waals surface area (Å²) in [5, 5.41) is 10.5. The molecule has 0 fully saturated rings. The van der Waals surface area contributed by atoms with Gasteiger partial charge in [0, 0.05) is 22.6 Å². The van der Waals surface area contributed by atoms with Crippen LogP contribution in [0.2, 0.25) is 0 Å². The third kappa shape index (κ3) is 3.90. The number of methoxy groups -OCH3 is 1. The maximum absolute atomic E-state index is 12.2. The number of nitro groups is 1. The maximum Gasteiger partial charge on any atom is 0.573 e. The van der Waals surface area contributed by atoms with Gasteiger partial charge in [0.1, 0.15) is 0 Å². The van der Waals surface area contributed by atoms with E-state index >= 15 is 0 Å². The second-order valence-corrected chi connectivity index (χ2v) is 3.96. The molecule has 0 unspecified atom stereocenters. The molecular weight excluding hydrogens is 388 g/mol. The third-order valence-electron chi connectivity index (χ3n) is 1.73. The first-order chi connectivity index (χ1) is 8.65. The molecule has 0 aliphatic heterocycles. The van der Waals surface area contributed by atoms with Gasteiger partial charge < -0.3 is 19.6 Å². The molecule has 104 valence electrons. The summed E-state index contributed by atoms with van der Waals surface area (Å²) in [6.45, 7) is 0. The first-order valence-electron chi connectivity index (χ1n) is 4.34. The first-order valence-corrected chi connectivity index (χ1v) is 5.42. The number of hydrogen-bond donors (Lipinski definition) is 0. The number of carbonyl (C=O) groups is 1. The predicted octanol–water partition coefficient (Wildman–Crippen LogP) is 2.28. The van der Waals surface area contributed by atoms with Crippen molar-refractivity contribution in [1.82, 2.24) is 4.98 Å². The number of pyridine rings is 1. The predicted molar refractivity (Wildman–Crippen MR) is 61.6 cm³/mol. The maximum atomic E-state index is 12.2. The smallest absolute Gasteiger partial charge is 0.465 e. The molecule has 19 heavy (non-hydrogen) atoms. The normalized spacial score (nSPS) is 11.0. The number of ether oxygens (including phenoxy) is 2. The highest BCUT2D eigenvalue weighted by molar-refractivity contribution is 14.1. The van der Waals surface area contributed by atoms with E-state index in [0.717, 1.165) is 7.11 Å². The lowest BCUT2D eigenvalue weighted by atomic mass is 10.2. The SMILES string of the molecule is COC(=O)c1c(OC(F)(F)F)cc([N+](=O)[O-])nc1I. The van der Waals surface area contributed by atoms with E-state index in [1.807, 2.05) is 0 Å². The number of nitrogens with zero attached hydrogens (tertiary/aromatic N) is 2. The standard InChI is InChI=1S/C8H4F3IN2O5/c1-18-7(15)5-3(19-8(9,10)11)2-4(14(16)17)13-6(5)12/h2H,1H3. The average Bonchev–Trinajstić information content (AvgIpc) is 2.25. The fourth-order valence-electron chi connectivity index (χ4n) is 1.07. The van der Waals surface area contributed by atoms with Crippen LogP contribution in [0.4, 0.5) is 19.0 Å². The van der Waals surface area contributed by atoms with Crippen LogP contribution >= 0.6 is 22.6 Å². The summed E-state index contributed by atoms with van der Waals surface area (Å²) in [6.07, 6.45) is -5.11. The van der Waals surface area contributed by atoms with Gasteiger partial charge in [-0.3, -0.25) is 0 Å². The van der Waals surface area contributed by atoms with Crippen LogP contribution < -0.4 is 4.74 Å². The summed E-state index contributed by atoms with van der Waals surface area (Å²) in [6, 6.07) is 0.405. The lowest BCUT2D eigenvalue weighted by Crippen LogP contribution is -2.20. The van der Waals surface area contributed by atoms with E-state index in [-0.39, 0.29) is 3.70 Å². The minimum atomic E-state index is -5.11. The molecular formula is C8H4F3IN2O5. The van der Waals surface area contributed by atoms with Crippen LogP contribution in [0.5, 0.6) is 5.75 Å². The molecule has 0 aromatic carbocycles. The van der Waals surface area contributed by atoms with Gasteiger partial charge in [0.2, 0.25) is 3.70 Å². The largest absolute Gasteiger partial charge is 0.573 e. The highest BCUT2D eigenvalue weighted by Crippen LogP contribution is 2.32. The van der Waals surface area contributed by atoms with Crippen LogP contribution in [0.3, 0.4) is 0 Å². The number of esters is 1. The van der Waals surface area contributed by atoms with Gasteiger partial charge in [-0.25, -0.2) is 4.79 Å². The second kappa shape index (κ2) is 5.54. The monoisotopic (exact) mass is 392 g/mol. The summed E-state index contributed by atoms with van der Waals surface area (Å²) in [5.41, 5.74) is -0.633. The lowest BCUT2D eigenvalue weighted by Gasteiger charge is -2.11. The Morgan fingerprint density at radius 1 is 1.53 bits per heavy atom. The van der Waals surface area contributed by atoms with Crippen molar-refractivity contribution in [3.63, 3.8) is 0 Å². The molecule has 11 heteroatoms. The van der Waals surface area contributed by atoms with Crippen molar-refractivity contribution in [3.05, 3.63) is 25.4 Å². The van der Waals surface area contributed by atoms with Gasteiger partial charge >= 0.3 is 18.1 Å². The average molecular weight is 392 g/mol. The number of aromatic nitrogens is 1. The van der Waals surface area contributed by atoms with Crippen molar-refractivity contribution >= 4 is 34.4 Å². The Kier molecular flexibility index (Phi) is 4.49. The number of hydrogen-bond acceptors (Lipinski definition) is 6. The minimum absolute atomic E-state index is 0.335. The van der Waals surface area contributed by atoms with Gasteiger partial charge in [0.25, 0.3) is 0 Å². The van der Waals surface area contributed by atoms with Crippen molar-refractivity contribution in [2.45, 2.75) is 6.36 Å². The number of alkyl halides is 3. The summed E-state index contributed by atoms with van der Waals surface area (Å²) in [4.78, 5) is 24.2. The molecule has 0 aliphatic carbocycles. The highest BCUT2D eigenvalue weighted by atomic mass is 127. The molecule has 0 saturated heterocycles. The molecule has 0 aliphatic rings. The first kappa shape index (κ1) is 15.4. The van der Waals surface area contributed by atoms with Gasteiger partial charge in [0.05, 0.1) is 13.2 Å². The molecule has 1 aromatic heterocycles. The third-order valence-corrected chi connectivity index (χ3v) is 2.51.